The van der Waals surface area contributed by atoms with Crippen LogP contribution in [0, 0.1) is 17.1 Å². The number of phenolic OH excluding ortho intramolecular Hbond substituents is 1. The molecule has 166 valence electrons. The quantitative estimate of drug-likeness (QED) is 0.475. The fraction of sp³-hybridized carbons (Fsp3) is 0.136. The standard InChI is InChI=1S/C21H17ClFN3O3.CH2O2/c1-3-29-19-8-12(6-15(22)20(19)27)13-9-17(26-21(25)14(13)10-24)11-4-5-18(28-2)16(23)7-11;2-1-3/h4-9,27H,3H2,1-2H3,(H2,25,26);1H,(H,2,3). The third-order valence-corrected chi connectivity index (χ3v) is 4.53. The summed E-state index contributed by atoms with van der Waals surface area (Å²) in [5, 5.41) is 26.6. The molecule has 0 fully saturated rings. The molecule has 3 rings (SSSR count). The second-order valence-electron chi connectivity index (χ2n) is 6.12. The van der Waals surface area contributed by atoms with Gasteiger partial charge in [-0.05, 0) is 48.9 Å². The Morgan fingerprint density at radius 3 is 2.50 bits per heavy atom. The first-order valence-corrected chi connectivity index (χ1v) is 9.47. The van der Waals surface area contributed by atoms with Gasteiger partial charge in [0.25, 0.3) is 6.47 Å². The normalized spacial score (nSPS) is 9.84. The summed E-state index contributed by atoms with van der Waals surface area (Å²) in [6, 6.07) is 11.1. The second-order valence-corrected chi connectivity index (χ2v) is 6.53. The number of phenols is 1. The molecule has 4 N–H and O–H groups in total. The van der Waals surface area contributed by atoms with E-state index in [9.17, 15) is 14.8 Å². The summed E-state index contributed by atoms with van der Waals surface area (Å²) >= 11 is 6.13. The van der Waals surface area contributed by atoms with Crippen molar-refractivity contribution in [2.75, 3.05) is 19.5 Å². The van der Waals surface area contributed by atoms with Crippen LogP contribution in [0.25, 0.3) is 22.4 Å². The van der Waals surface area contributed by atoms with Crippen molar-refractivity contribution in [3.63, 3.8) is 0 Å². The Morgan fingerprint density at radius 1 is 1.25 bits per heavy atom. The van der Waals surface area contributed by atoms with E-state index in [2.05, 4.69) is 4.98 Å². The molecule has 0 aliphatic carbocycles. The van der Waals surface area contributed by atoms with Gasteiger partial charge in [-0.1, -0.05) is 11.6 Å². The molecule has 0 saturated carbocycles. The van der Waals surface area contributed by atoms with Gasteiger partial charge < -0.3 is 25.4 Å². The van der Waals surface area contributed by atoms with Crippen molar-refractivity contribution in [2.45, 2.75) is 6.92 Å². The molecule has 10 heteroatoms. The average Bonchev–Trinajstić information content (AvgIpc) is 2.76. The maximum Gasteiger partial charge on any atom is 0.290 e. The molecular formula is C22H19ClFN3O5. The van der Waals surface area contributed by atoms with Crippen molar-refractivity contribution in [1.29, 1.82) is 5.26 Å². The van der Waals surface area contributed by atoms with Crippen molar-refractivity contribution in [3.05, 3.63) is 52.8 Å². The largest absolute Gasteiger partial charge is 0.503 e. The number of rotatable bonds is 5. The van der Waals surface area contributed by atoms with E-state index in [-0.39, 0.29) is 40.1 Å². The number of benzene rings is 2. The highest BCUT2D eigenvalue weighted by molar-refractivity contribution is 6.32. The van der Waals surface area contributed by atoms with Gasteiger partial charge in [-0.2, -0.15) is 5.26 Å². The number of carbonyl (C=O) groups is 1. The van der Waals surface area contributed by atoms with Gasteiger partial charge in [0.2, 0.25) is 0 Å². The highest BCUT2D eigenvalue weighted by atomic mass is 35.5. The summed E-state index contributed by atoms with van der Waals surface area (Å²) in [4.78, 5) is 12.6. The van der Waals surface area contributed by atoms with E-state index >= 15 is 0 Å². The number of aromatic hydroxyl groups is 1. The number of nitrogens with zero attached hydrogens (tertiary/aromatic N) is 2. The second kappa shape index (κ2) is 10.8. The number of carboxylic acid groups (broad SMARTS) is 1. The van der Waals surface area contributed by atoms with Gasteiger partial charge in [-0.25, -0.2) is 9.37 Å². The van der Waals surface area contributed by atoms with E-state index in [1.165, 1.54) is 25.3 Å². The van der Waals surface area contributed by atoms with Gasteiger partial charge in [0, 0.05) is 11.1 Å². The Balaban J connectivity index is 0.00000114. The lowest BCUT2D eigenvalue weighted by atomic mass is 9.98. The number of halogens is 2. The summed E-state index contributed by atoms with van der Waals surface area (Å²) < 4.78 is 24.5. The van der Waals surface area contributed by atoms with E-state index < -0.39 is 5.82 Å². The average molecular weight is 460 g/mol. The summed E-state index contributed by atoms with van der Waals surface area (Å²) in [5.41, 5.74) is 7.87. The van der Waals surface area contributed by atoms with Crippen molar-refractivity contribution >= 4 is 23.9 Å². The molecule has 0 bridgehead atoms. The predicted octanol–water partition coefficient (Wildman–Crippen LogP) is 4.48. The van der Waals surface area contributed by atoms with E-state index in [4.69, 9.17) is 36.7 Å². The Labute approximate surface area is 188 Å². The molecule has 0 spiro atoms. The summed E-state index contributed by atoms with van der Waals surface area (Å²) in [6.45, 7) is 1.83. The zero-order valence-electron chi connectivity index (χ0n) is 17.1. The Kier molecular flexibility index (Phi) is 8.21. The highest BCUT2D eigenvalue weighted by Crippen LogP contribution is 2.41. The number of nitrogens with two attached hydrogens (primary N) is 1. The fourth-order valence-electron chi connectivity index (χ4n) is 2.88. The molecule has 3 aromatic rings. The van der Waals surface area contributed by atoms with Crippen LogP contribution in [-0.2, 0) is 4.79 Å². The number of anilines is 1. The lowest BCUT2D eigenvalue weighted by Gasteiger charge is -2.14. The summed E-state index contributed by atoms with van der Waals surface area (Å²) in [6.07, 6.45) is 0. The van der Waals surface area contributed by atoms with Gasteiger partial charge in [0.05, 0.1) is 24.4 Å². The third-order valence-electron chi connectivity index (χ3n) is 4.25. The number of hydrogen-bond donors (Lipinski definition) is 3. The topological polar surface area (TPSA) is 139 Å². The number of pyridine rings is 1. The van der Waals surface area contributed by atoms with Crippen LogP contribution >= 0.6 is 11.6 Å². The van der Waals surface area contributed by atoms with Crippen LogP contribution in [0.1, 0.15) is 12.5 Å². The number of nitriles is 1. The molecule has 32 heavy (non-hydrogen) atoms. The van der Waals surface area contributed by atoms with Crippen LogP contribution in [0.5, 0.6) is 17.2 Å². The van der Waals surface area contributed by atoms with E-state index in [0.29, 0.717) is 29.0 Å². The van der Waals surface area contributed by atoms with E-state index in [1.54, 1.807) is 25.1 Å². The van der Waals surface area contributed by atoms with Crippen molar-refractivity contribution in [3.8, 4) is 45.7 Å². The monoisotopic (exact) mass is 459 g/mol. The molecule has 0 aliphatic rings. The summed E-state index contributed by atoms with van der Waals surface area (Å²) in [5.74, 6) is -0.496. The van der Waals surface area contributed by atoms with E-state index in [1.807, 2.05) is 6.07 Å². The van der Waals surface area contributed by atoms with Crippen LogP contribution in [0.4, 0.5) is 10.2 Å². The van der Waals surface area contributed by atoms with Gasteiger partial charge in [-0.3, -0.25) is 4.79 Å². The first kappa shape index (κ1) is 24.2. The maximum absolute atomic E-state index is 14.1. The Bertz CT molecular complexity index is 1180. The number of ether oxygens (including phenoxy) is 2. The van der Waals surface area contributed by atoms with E-state index in [0.717, 1.165) is 0 Å². The number of nitrogen functional groups attached to an aromatic ring is 1. The fourth-order valence-corrected chi connectivity index (χ4v) is 3.09. The molecule has 0 saturated heterocycles. The molecular weight excluding hydrogens is 441 g/mol. The minimum atomic E-state index is -0.553. The van der Waals surface area contributed by atoms with Gasteiger partial charge in [0.15, 0.2) is 23.1 Å². The number of hydrogen-bond acceptors (Lipinski definition) is 7. The van der Waals surface area contributed by atoms with Gasteiger partial charge in [0.1, 0.15) is 17.5 Å². The first-order chi connectivity index (χ1) is 15.3. The minimum Gasteiger partial charge on any atom is -0.503 e. The molecule has 1 heterocycles. The molecule has 1 aromatic heterocycles. The maximum atomic E-state index is 14.1. The van der Waals surface area contributed by atoms with Crippen LogP contribution in [0.3, 0.4) is 0 Å². The zero-order chi connectivity index (χ0) is 23.8. The third kappa shape index (κ3) is 5.17. The van der Waals surface area contributed by atoms with Crippen molar-refractivity contribution < 1.29 is 28.9 Å². The van der Waals surface area contributed by atoms with Crippen LogP contribution in [0.2, 0.25) is 5.02 Å². The van der Waals surface area contributed by atoms with Gasteiger partial charge in [-0.15, -0.1) is 0 Å². The lowest BCUT2D eigenvalue weighted by Crippen LogP contribution is -2.01. The number of methoxy groups -OCH3 is 1. The lowest BCUT2D eigenvalue weighted by molar-refractivity contribution is -0.122. The molecule has 0 radical (unpaired) electrons. The van der Waals surface area contributed by atoms with Crippen molar-refractivity contribution in [2.24, 2.45) is 0 Å². The summed E-state index contributed by atoms with van der Waals surface area (Å²) in [7, 11) is 1.37. The Hall–Kier alpha value is -4.03. The highest BCUT2D eigenvalue weighted by Gasteiger charge is 2.18. The molecule has 8 nitrogen and oxygen atoms in total. The Morgan fingerprint density at radius 2 is 1.94 bits per heavy atom. The van der Waals surface area contributed by atoms with Gasteiger partial charge >= 0.3 is 0 Å². The van der Waals surface area contributed by atoms with Crippen molar-refractivity contribution in [1.82, 2.24) is 4.98 Å². The van der Waals surface area contributed by atoms with Crippen LogP contribution in [-0.4, -0.2) is 35.4 Å². The smallest absolute Gasteiger partial charge is 0.290 e. The zero-order valence-corrected chi connectivity index (χ0v) is 17.9. The molecule has 0 unspecified atom stereocenters. The van der Waals surface area contributed by atoms with Crippen LogP contribution < -0.4 is 15.2 Å². The molecule has 0 atom stereocenters. The molecule has 0 aliphatic heterocycles. The SMILES string of the molecule is CCOc1cc(-c2cc(-c3ccc(OC)c(F)c3)nc(N)c2C#N)cc(Cl)c1O.O=CO. The molecule has 0 amide bonds. The number of aromatic nitrogens is 1. The first-order valence-electron chi connectivity index (χ1n) is 9.09. The molecule has 2 aromatic carbocycles. The predicted molar refractivity (Wildman–Crippen MR) is 117 cm³/mol. The van der Waals surface area contributed by atoms with Crippen LogP contribution in [0.15, 0.2) is 36.4 Å². The minimum absolute atomic E-state index is 0.0154.